The predicted octanol–water partition coefficient (Wildman–Crippen LogP) is 2.12. The average Bonchev–Trinajstić information content (AvgIpc) is 3.46. The molecule has 3 aromatic rings. The second kappa shape index (κ2) is 10.2. The third-order valence-corrected chi connectivity index (χ3v) is 8.24. The Morgan fingerprint density at radius 1 is 0.800 bits per heavy atom. The van der Waals surface area contributed by atoms with Crippen molar-refractivity contribution in [1.29, 1.82) is 0 Å². The van der Waals surface area contributed by atoms with Crippen molar-refractivity contribution in [1.82, 2.24) is 0 Å². The summed E-state index contributed by atoms with van der Waals surface area (Å²) in [6, 6.07) is 27.4. The van der Waals surface area contributed by atoms with Gasteiger partial charge in [-0.15, -0.1) is 0 Å². The molecule has 0 bridgehead atoms. The minimum absolute atomic E-state index is 0. The molecule has 6 rings (SSSR count). The third kappa shape index (κ3) is 4.27. The molecule has 0 radical (unpaired) electrons. The van der Waals surface area contributed by atoms with Crippen molar-refractivity contribution in [3.63, 3.8) is 0 Å². The number of halogens is 2. The minimum Gasteiger partial charge on any atom is -1.00 e. The second-order valence-electron chi connectivity index (χ2n) is 11.1. The van der Waals surface area contributed by atoms with E-state index in [2.05, 4.69) is 113 Å². The van der Waals surface area contributed by atoms with E-state index in [4.69, 9.17) is 0 Å². The third-order valence-electron chi connectivity index (χ3n) is 8.24. The van der Waals surface area contributed by atoms with E-state index in [1.165, 1.54) is 34.2 Å². The molecule has 3 heteroatoms. The van der Waals surface area contributed by atoms with E-state index in [1.54, 1.807) is 16.7 Å². The van der Waals surface area contributed by atoms with E-state index in [-0.39, 0.29) is 61.8 Å². The van der Waals surface area contributed by atoms with Crippen LogP contribution >= 0.6 is 0 Å². The van der Waals surface area contributed by atoms with Gasteiger partial charge in [-0.05, 0) is 63.1 Å². The van der Waals surface area contributed by atoms with Crippen molar-refractivity contribution >= 4 is 0 Å². The molecule has 0 spiro atoms. The van der Waals surface area contributed by atoms with Crippen LogP contribution in [0.15, 0.2) is 96.1 Å². The van der Waals surface area contributed by atoms with Crippen molar-refractivity contribution in [2.45, 2.75) is 46.0 Å². The van der Waals surface area contributed by atoms with Gasteiger partial charge in [-0.1, -0.05) is 118 Å². The fourth-order valence-corrected chi connectivity index (χ4v) is 6.70. The Kier molecular flexibility index (Phi) is 8.18. The van der Waals surface area contributed by atoms with Gasteiger partial charge in [0.2, 0.25) is 0 Å². The van der Waals surface area contributed by atoms with Crippen LogP contribution in [0.5, 0.6) is 0 Å². The summed E-state index contributed by atoms with van der Waals surface area (Å²) >= 11 is 0. The first-order chi connectivity index (χ1) is 15.4. The first-order valence-electron chi connectivity index (χ1n) is 12.1. The zero-order valence-electron chi connectivity index (χ0n) is 20.9. The SMILES string of the molecule is CC1CC(c2ccccc2)(c2cccc3c2Cc2ccccc2-3)C2C=C(C(C)(C)C)C=C12.[Cl-].[Cl-].[Zr+2]. The van der Waals surface area contributed by atoms with Gasteiger partial charge in [-0.3, -0.25) is 0 Å². The summed E-state index contributed by atoms with van der Waals surface area (Å²) in [7, 11) is 0. The Hall–Kier alpha value is -1.40. The Balaban J connectivity index is 0.00000114. The molecule has 178 valence electrons. The number of benzene rings is 3. The van der Waals surface area contributed by atoms with Gasteiger partial charge < -0.3 is 24.8 Å². The summed E-state index contributed by atoms with van der Waals surface area (Å²) in [6.45, 7) is 9.49. The standard InChI is InChI=1S/C32H32.2ClH.Zr/c1-21-20-32(23-12-6-5-7-13-23,30-19-24(18-27(21)30)31(2,3)4)29-16-10-15-26-25-14-9-8-11-22(25)17-28(26)29;;;/h5-16,18-19,21,30H,17,20H2,1-4H3;2*1H;/q;;;+2/p-2. The molecule has 0 heterocycles. The molecular formula is C32H32Cl2Zr. The Bertz CT molecular complexity index is 1280. The van der Waals surface area contributed by atoms with Crippen LogP contribution in [0.4, 0.5) is 0 Å². The Labute approximate surface area is 242 Å². The largest absolute Gasteiger partial charge is 2.00 e. The maximum absolute atomic E-state index is 2.62. The van der Waals surface area contributed by atoms with Crippen LogP contribution in [0, 0.1) is 17.3 Å². The zero-order valence-corrected chi connectivity index (χ0v) is 24.9. The van der Waals surface area contributed by atoms with E-state index < -0.39 is 0 Å². The van der Waals surface area contributed by atoms with Crippen molar-refractivity contribution in [2.75, 3.05) is 0 Å². The van der Waals surface area contributed by atoms with Gasteiger partial charge >= 0.3 is 26.2 Å². The molecule has 0 N–H and O–H groups in total. The molecular weight excluding hydrogens is 546 g/mol. The van der Waals surface area contributed by atoms with Crippen molar-refractivity contribution < 1.29 is 51.0 Å². The van der Waals surface area contributed by atoms with Gasteiger partial charge in [0.05, 0.1) is 0 Å². The van der Waals surface area contributed by atoms with Crippen LogP contribution in [0.3, 0.4) is 0 Å². The first kappa shape index (κ1) is 28.2. The van der Waals surface area contributed by atoms with Gasteiger partial charge in [0, 0.05) is 11.3 Å². The van der Waals surface area contributed by atoms with Crippen molar-refractivity contribution in [2.24, 2.45) is 17.3 Å². The fourth-order valence-electron chi connectivity index (χ4n) is 6.70. The number of fused-ring (bicyclic) bond motifs is 4. The minimum atomic E-state index is -0.00705. The molecule has 3 aliphatic carbocycles. The fraction of sp³-hybridized carbons (Fsp3) is 0.312. The number of hydrogen-bond donors (Lipinski definition) is 0. The topological polar surface area (TPSA) is 0 Å². The number of hydrogen-bond acceptors (Lipinski definition) is 0. The smallest absolute Gasteiger partial charge is 1.00 e. The van der Waals surface area contributed by atoms with Gasteiger partial charge in [-0.2, -0.15) is 0 Å². The maximum atomic E-state index is 2.62. The predicted molar refractivity (Wildman–Crippen MR) is 135 cm³/mol. The van der Waals surface area contributed by atoms with Gasteiger partial charge in [0.1, 0.15) is 0 Å². The molecule has 0 saturated heterocycles. The van der Waals surface area contributed by atoms with Gasteiger partial charge in [0.15, 0.2) is 0 Å². The summed E-state index contributed by atoms with van der Waals surface area (Å²) in [6.07, 6.45) is 7.38. The number of allylic oxidation sites excluding steroid dienone is 4. The molecule has 1 saturated carbocycles. The van der Waals surface area contributed by atoms with E-state index in [9.17, 15) is 0 Å². The molecule has 1 fully saturated rings. The summed E-state index contributed by atoms with van der Waals surface area (Å²) < 4.78 is 0. The summed E-state index contributed by atoms with van der Waals surface area (Å²) in [5.41, 5.74) is 12.2. The summed E-state index contributed by atoms with van der Waals surface area (Å²) in [5, 5.41) is 0. The Morgan fingerprint density at radius 2 is 1.46 bits per heavy atom. The van der Waals surface area contributed by atoms with Crippen LogP contribution in [-0.2, 0) is 38.0 Å². The van der Waals surface area contributed by atoms with Gasteiger partial charge in [-0.25, -0.2) is 0 Å². The first-order valence-corrected chi connectivity index (χ1v) is 12.1. The van der Waals surface area contributed by atoms with Crippen LogP contribution in [0.25, 0.3) is 11.1 Å². The normalized spacial score (nSPS) is 23.5. The quantitative estimate of drug-likeness (QED) is 0.342. The second-order valence-corrected chi connectivity index (χ2v) is 11.1. The zero-order chi connectivity index (χ0) is 22.1. The monoisotopic (exact) mass is 576 g/mol. The van der Waals surface area contributed by atoms with Crippen LogP contribution in [-0.4, -0.2) is 0 Å². The van der Waals surface area contributed by atoms with E-state index >= 15 is 0 Å². The Morgan fingerprint density at radius 3 is 2.17 bits per heavy atom. The van der Waals surface area contributed by atoms with E-state index in [0.717, 1.165) is 6.42 Å². The number of rotatable bonds is 2. The van der Waals surface area contributed by atoms with Crippen molar-refractivity contribution in [3.8, 4) is 11.1 Å². The van der Waals surface area contributed by atoms with Gasteiger partial charge in [0.25, 0.3) is 0 Å². The molecule has 0 aliphatic heterocycles. The molecule has 0 aromatic heterocycles. The molecule has 3 aliphatic rings. The molecule has 3 atom stereocenters. The molecule has 3 aromatic carbocycles. The van der Waals surface area contributed by atoms with E-state index in [0.29, 0.717) is 11.8 Å². The van der Waals surface area contributed by atoms with Crippen LogP contribution in [0.2, 0.25) is 0 Å². The van der Waals surface area contributed by atoms with Crippen molar-refractivity contribution in [3.05, 3.63) is 118 Å². The van der Waals surface area contributed by atoms with E-state index in [1.807, 2.05) is 0 Å². The summed E-state index contributed by atoms with van der Waals surface area (Å²) in [4.78, 5) is 0. The average molecular weight is 579 g/mol. The van der Waals surface area contributed by atoms with Crippen LogP contribution < -0.4 is 24.8 Å². The summed E-state index contributed by atoms with van der Waals surface area (Å²) in [5.74, 6) is 1.01. The molecule has 3 unspecified atom stereocenters. The maximum Gasteiger partial charge on any atom is 2.00 e. The molecule has 35 heavy (non-hydrogen) atoms. The molecule has 0 nitrogen and oxygen atoms in total. The molecule has 0 amide bonds. The van der Waals surface area contributed by atoms with Crippen LogP contribution in [0.1, 0.15) is 56.4 Å².